The second-order valence-corrected chi connectivity index (χ2v) is 6.82. The van der Waals surface area contributed by atoms with E-state index in [0.29, 0.717) is 29.4 Å². The fourth-order valence-electron chi connectivity index (χ4n) is 2.82. The van der Waals surface area contributed by atoms with Gasteiger partial charge < -0.3 is 19.0 Å². The third-order valence-electron chi connectivity index (χ3n) is 4.04. The van der Waals surface area contributed by atoms with Crippen LogP contribution in [0, 0.1) is 6.92 Å². The molecule has 0 saturated carbocycles. The molecule has 6 nitrogen and oxygen atoms in total. The van der Waals surface area contributed by atoms with Crippen LogP contribution in [0.4, 0.5) is 0 Å². The van der Waals surface area contributed by atoms with E-state index in [4.69, 9.17) is 13.9 Å². The van der Waals surface area contributed by atoms with Gasteiger partial charge in [0.1, 0.15) is 28.6 Å². The van der Waals surface area contributed by atoms with Crippen molar-refractivity contribution in [3.8, 4) is 17.2 Å². The van der Waals surface area contributed by atoms with Crippen molar-refractivity contribution >= 4 is 17.5 Å². The Morgan fingerprint density at radius 3 is 2.77 bits per heavy atom. The fourth-order valence-corrected chi connectivity index (χ4v) is 3.74. The van der Waals surface area contributed by atoms with Crippen LogP contribution < -0.4 is 15.1 Å². The van der Waals surface area contributed by atoms with E-state index in [1.165, 1.54) is 6.07 Å². The van der Waals surface area contributed by atoms with E-state index in [2.05, 4.69) is 4.99 Å². The van der Waals surface area contributed by atoms with Crippen LogP contribution >= 0.6 is 11.8 Å². The lowest BCUT2D eigenvalue weighted by atomic mass is 10.0. The van der Waals surface area contributed by atoms with Gasteiger partial charge in [-0.3, -0.25) is 4.99 Å². The maximum Gasteiger partial charge on any atom is 0.348 e. The maximum atomic E-state index is 12.2. The van der Waals surface area contributed by atoms with Crippen molar-refractivity contribution < 1.29 is 19.0 Å². The van der Waals surface area contributed by atoms with Crippen LogP contribution in [0.5, 0.6) is 17.2 Å². The molecule has 1 unspecified atom stereocenters. The minimum atomic E-state index is -0.595. The number of ether oxygens (including phenoxy) is 2. The van der Waals surface area contributed by atoms with Gasteiger partial charge in [0, 0.05) is 35.6 Å². The number of rotatable bonds is 4. The highest BCUT2D eigenvalue weighted by Crippen LogP contribution is 2.41. The zero-order valence-electron chi connectivity index (χ0n) is 14.7. The van der Waals surface area contributed by atoms with Gasteiger partial charge in [-0.05, 0) is 18.4 Å². The molecule has 0 radical (unpaired) electrons. The number of aliphatic imine (C=N–C) groups is 1. The summed E-state index contributed by atoms with van der Waals surface area (Å²) in [5, 5.41) is 12.0. The first-order valence-corrected chi connectivity index (χ1v) is 8.91. The van der Waals surface area contributed by atoms with E-state index in [9.17, 15) is 9.90 Å². The lowest BCUT2D eigenvalue weighted by molar-refractivity contribution is 0.391. The second kappa shape index (κ2) is 7.70. The number of aryl methyl sites for hydroxylation is 1. The van der Waals surface area contributed by atoms with Gasteiger partial charge in [0.05, 0.1) is 19.9 Å². The van der Waals surface area contributed by atoms with Gasteiger partial charge in [-0.25, -0.2) is 4.79 Å². The van der Waals surface area contributed by atoms with Crippen LogP contribution in [-0.2, 0) is 0 Å². The largest absolute Gasteiger partial charge is 0.507 e. The first kappa shape index (κ1) is 18.1. The molecule has 26 heavy (non-hydrogen) atoms. The number of thioether (sulfide) groups is 1. The van der Waals surface area contributed by atoms with Crippen molar-refractivity contribution in [2.45, 2.75) is 18.6 Å². The number of benzene rings is 1. The summed E-state index contributed by atoms with van der Waals surface area (Å²) in [4.78, 5) is 16.6. The highest BCUT2D eigenvalue weighted by atomic mass is 32.2. The molecule has 0 aliphatic carbocycles. The molecule has 3 rings (SSSR count). The molecule has 7 heteroatoms. The quantitative estimate of drug-likeness (QED) is 0.878. The van der Waals surface area contributed by atoms with Gasteiger partial charge in [0.15, 0.2) is 0 Å². The average Bonchev–Trinajstić information content (AvgIpc) is 2.86. The van der Waals surface area contributed by atoms with E-state index in [0.717, 1.165) is 5.56 Å². The first-order chi connectivity index (χ1) is 12.5. The lowest BCUT2D eigenvalue weighted by Gasteiger charge is -2.18. The summed E-state index contributed by atoms with van der Waals surface area (Å²) in [6, 6.07) is 7.04. The van der Waals surface area contributed by atoms with Crippen molar-refractivity contribution in [2.75, 3.05) is 14.2 Å². The monoisotopic (exact) mass is 373 g/mol. The number of nitrogens with zero attached hydrogens (tertiary/aromatic N) is 1. The molecule has 2 heterocycles. The SMILES string of the molecule is COc1ccc(C2CC(c3c(O)cc(C)oc3=O)=NC=CS2)c(OC)c1. The third-order valence-corrected chi connectivity index (χ3v) is 5.07. The molecular weight excluding hydrogens is 354 g/mol. The minimum absolute atomic E-state index is 0.0477. The highest BCUT2D eigenvalue weighted by molar-refractivity contribution is 8.02. The number of hydrogen-bond donors (Lipinski definition) is 1. The number of methoxy groups -OCH3 is 2. The Morgan fingerprint density at radius 2 is 2.08 bits per heavy atom. The molecule has 0 fully saturated rings. The molecule has 0 spiro atoms. The predicted molar refractivity (Wildman–Crippen MR) is 102 cm³/mol. The van der Waals surface area contributed by atoms with Gasteiger partial charge >= 0.3 is 5.63 Å². The predicted octanol–water partition coefficient (Wildman–Crippen LogP) is 3.81. The van der Waals surface area contributed by atoms with Gasteiger partial charge in [0.2, 0.25) is 0 Å². The second-order valence-electron chi connectivity index (χ2n) is 5.70. The van der Waals surface area contributed by atoms with Gasteiger partial charge in [-0.2, -0.15) is 0 Å². The van der Waals surface area contributed by atoms with Gasteiger partial charge in [0.25, 0.3) is 0 Å². The van der Waals surface area contributed by atoms with E-state index in [1.807, 2.05) is 23.6 Å². The number of aromatic hydroxyl groups is 1. The van der Waals surface area contributed by atoms with Crippen LogP contribution in [0.25, 0.3) is 0 Å². The molecule has 0 bridgehead atoms. The summed E-state index contributed by atoms with van der Waals surface area (Å²) in [5.74, 6) is 1.61. The maximum absolute atomic E-state index is 12.2. The molecule has 1 aromatic heterocycles. The van der Waals surface area contributed by atoms with Crippen molar-refractivity contribution in [1.29, 1.82) is 0 Å². The normalized spacial score (nSPS) is 16.7. The third kappa shape index (κ3) is 3.62. The van der Waals surface area contributed by atoms with Crippen molar-refractivity contribution in [1.82, 2.24) is 0 Å². The Labute approximate surface area is 155 Å². The molecule has 2 aromatic rings. The standard InChI is InChI=1S/C19H19NO5S/c1-11-8-15(21)18(19(22)25-11)14-10-17(26-7-6-20-14)13-5-4-12(23-2)9-16(13)24-3/h4-9,17,21H,10H2,1-3H3. The summed E-state index contributed by atoms with van der Waals surface area (Å²) in [7, 11) is 3.20. The Balaban J connectivity index is 2.00. The molecule has 1 N–H and O–H groups in total. The minimum Gasteiger partial charge on any atom is -0.507 e. The van der Waals surface area contributed by atoms with E-state index in [1.54, 1.807) is 39.1 Å². The van der Waals surface area contributed by atoms with E-state index in [-0.39, 0.29) is 16.6 Å². The topological polar surface area (TPSA) is 81.3 Å². The lowest BCUT2D eigenvalue weighted by Crippen LogP contribution is -2.17. The summed E-state index contributed by atoms with van der Waals surface area (Å²) >= 11 is 1.56. The molecule has 1 aliphatic heterocycles. The van der Waals surface area contributed by atoms with E-state index < -0.39 is 5.63 Å². The van der Waals surface area contributed by atoms with E-state index >= 15 is 0 Å². The molecule has 1 aliphatic rings. The first-order valence-electron chi connectivity index (χ1n) is 7.96. The molecule has 1 atom stereocenters. The zero-order chi connectivity index (χ0) is 18.7. The van der Waals surface area contributed by atoms with Crippen LogP contribution in [0.2, 0.25) is 0 Å². The van der Waals surface area contributed by atoms with Gasteiger partial charge in [-0.15, -0.1) is 11.8 Å². The summed E-state index contributed by atoms with van der Waals surface area (Å²) in [6.07, 6.45) is 2.05. The smallest absolute Gasteiger partial charge is 0.348 e. The molecule has 0 saturated heterocycles. The fraction of sp³-hybridized carbons (Fsp3) is 0.263. The molecular formula is C19H19NO5S. The van der Waals surface area contributed by atoms with Gasteiger partial charge in [-0.1, -0.05) is 6.07 Å². The average molecular weight is 373 g/mol. The molecule has 0 amide bonds. The van der Waals surface area contributed by atoms with Crippen LogP contribution in [-0.4, -0.2) is 25.0 Å². The van der Waals surface area contributed by atoms with Crippen molar-refractivity contribution in [2.24, 2.45) is 4.99 Å². The van der Waals surface area contributed by atoms with Crippen LogP contribution in [0.15, 0.2) is 50.1 Å². The Bertz CT molecular complexity index is 932. The highest BCUT2D eigenvalue weighted by Gasteiger charge is 2.25. The van der Waals surface area contributed by atoms with Crippen molar-refractivity contribution in [3.05, 3.63) is 63.2 Å². The molecule has 136 valence electrons. The summed E-state index contributed by atoms with van der Waals surface area (Å²) in [5.41, 5.74) is 0.927. The summed E-state index contributed by atoms with van der Waals surface area (Å²) in [6.45, 7) is 1.61. The zero-order valence-corrected chi connectivity index (χ0v) is 15.5. The molecule has 1 aromatic carbocycles. The number of hydrogen-bond acceptors (Lipinski definition) is 7. The Hall–Kier alpha value is -2.67. The Morgan fingerprint density at radius 1 is 1.27 bits per heavy atom. The summed E-state index contributed by atoms with van der Waals surface area (Å²) < 4.78 is 15.9. The Kier molecular flexibility index (Phi) is 5.37. The van der Waals surface area contributed by atoms with Crippen molar-refractivity contribution in [3.63, 3.8) is 0 Å². The van der Waals surface area contributed by atoms with Crippen LogP contribution in [0.1, 0.15) is 28.6 Å². The van der Waals surface area contributed by atoms with Crippen LogP contribution in [0.3, 0.4) is 0 Å².